The fourth-order valence-corrected chi connectivity index (χ4v) is 1.44. The largest absolute Gasteiger partial charge is 0.388 e. The average molecular weight is 158 g/mol. The highest BCUT2D eigenvalue weighted by Crippen LogP contribution is 2.25. The summed E-state index contributed by atoms with van der Waals surface area (Å²) in [6.45, 7) is 6.61. The van der Waals surface area contributed by atoms with Crippen molar-refractivity contribution in [1.82, 2.24) is 0 Å². The highest BCUT2D eigenvalue weighted by atomic mass is 16.5. The van der Waals surface area contributed by atoms with E-state index in [-0.39, 0.29) is 6.10 Å². The maximum atomic E-state index is 9.60. The summed E-state index contributed by atoms with van der Waals surface area (Å²) >= 11 is 0. The molecule has 0 saturated carbocycles. The van der Waals surface area contributed by atoms with Crippen LogP contribution < -0.4 is 0 Å². The van der Waals surface area contributed by atoms with Crippen LogP contribution >= 0.6 is 0 Å². The Morgan fingerprint density at radius 2 is 2.00 bits per heavy atom. The third-order valence-electron chi connectivity index (χ3n) is 2.29. The summed E-state index contributed by atoms with van der Waals surface area (Å²) in [6.07, 6.45) is 2.21. The molecule has 1 rings (SSSR count). The van der Waals surface area contributed by atoms with Crippen LogP contribution in [0.15, 0.2) is 0 Å². The van der Waals surface area contributed by atoms with Gasteiger partial charge in [0.15, 0.2) is 0 Å². The standard InChI is InChI=1S/C9H18O2/c1-7-4-5-8(11-6-7)9(2,3)10/h7-8,10H,4-6H2,1-3H3/t7-,8+/m1/s1. The first-order chi connectivity index (χ1) is 5.00. The van der Waals surface area contributed by atoms with E-state index in [2.05, 4.69) is 6.92 Å². The van der Waals surface area contributed by atoms with Crippen LogP contribution in [-0.4, -0.2) is 23.4 Å². The van der Waals surface area contributed by atoms with Crippen molar-refractivity contribution in [3.63, 3.8) is 0 Å². The lowest BCUT2D eigenvalue weighted by atomic mass is 9.91. The van der Waals surface area contributed by atoms with Crippen LogP contribution in [0.1, 0.15) is 33.6 Å². The van der Waals surface area contributed by atoms with Gasteiger partial charge in [0.2, 0.25) is 0 Å². The maximum Gasteiger partial charge on any atom is 0.0856 e. The van der Waals surface area contributed by atoms with Gasteiger partial charge in [0.1, 0.15) is 0 Å². The maximum absolute atomic E-state index is 9.60. The van der Waals surface area contributed by atoms with Gasteiger partial charge >= 0.3 is 0 Å². The SMILES string of the molecule is C[C@@H]1CC[C@@H](C(C)(C)O)OC1. The van der Waals surface area contributed by atoms with E-state index in [0.29, 0.717) is 5.92 Å². The minimum Gasteiger partial charge on any atom is -0.388 e. The smallest absolute Gasteiger partial charge is 0.0856 e. The third-order valence-corrected chi connectivity index (χ3v) is 2.29. The van der Waals surface area contributed by atoms with Crippen molar-refractivity contribution in [3.05, 3.63) is 0 Å². The number of aliphatic hydroxyl groups is 1. The number of ether oxygens (including phenoxy) is 1. The Labute approximate surface area is 68.6 Å². The monoisotopic (exact) mass is 158 g/mol. The number of hydrogen-bond donors (Lipinski definition) is 1. The molecule has 0 radical (unpaired) electrons. The zero-order valence-electron chi connectivity index (χ0n) is 7.63. The van der Waals surface area contributed by atoms with Crippen LogP contribution in [0, 0.1) is 5.92 Å². The van der Waals surface area contributed by atoms with Gasteiger partial charge < -0.3 is 9.84 Å². The molecule has 0 aliphatic carbocycles. The summed E-state index contributed by atoms with van der Waals surface area (Å²) in [5.41, 5.74) is -0.667. The molecule has 1 aliphatic rings. The van der Waals surface area contributed by atoms with Gasteiger partial charge in [-0.2, -0.15) is 0 Å². The van der Waals surface area contributed by atoms with Crippen LogP contribution in [0.3, 0.4) is 0 Å². The molecule has 1 fully saturated rings. The van der Waals surface area contributed by atoms with E-state index in [1.54, 1.807) is 0 Å². The fraction of sp³-hybridized carbons (Fsp3) is 1.00. The van der Waals surface area contributed by atoms with Crippen molar-refractivity contribution in [2.75, 3.05) is 6.61 Å². The number of hydrogen-bond acceptors (Lipinski definition) is 2. The quantitative estimate of drug-likeness (QED) is 0.627. The molecule has 11 heavy (non-hydrogen) atoms. The second-order valence-electron chi connectivity index (χ2n) is 4.16. The van der Waals surface area contributed by atoms with Crippen LogP contribution in [0.25, 0.3) is 0 Å². The molecule has 1 N–H and O–H groups in total. The second-order valence-corrected chi connectivity index (χ2v) is 4.16. The number of rotatable bonds is 1. The molecule has 0 bridgehead atoms. The lowest BCUT2D eigenvalue weighted by Crippen LogP contribution is -2.41. The Bertz CT molecular complexity index is 118. The molecule has 0 spiro atoms. The molecule has 2 heteroatoms. The van der Waals surface area contributed by atoms with Gasteiger partial charge in [0.25, 0.3) is 0 Å². The van der Waals surface area contributed by atoms with Crippen molar-refractivity contribution < 1.29 is 9.84 Å². The predicted molar refractivity (Wildman–Crippen MR) is 44.4 cm³/mol. The molecular formula is C9H18O2. The minimum atomic E-state index is -0.667. The van der Waals surface area contributed by atoms with E-state index in [1.807, 2.05) is 13.8 Å². The van der Waals surface area contributed by atoms with E-state index >= 15 is 0 Å². The van der Waals surface area contributed by atoms with E-state index in [1.165, 1.54) is 6.42 Å². The Hall–Kier alpha value is -0.0800. The summed E-state index contributed by atoms with van der Waals surface area (Å²) in [7, 11) is 0. The van der Waals surface area contributed by atoms with E-state index < -0.39 is 5.60 Å². The molecule has 2 atom stereocenters. The average Bonchev–Trinajstić information content (AvgIpc) is 1.86. The van der Waals surface area contributed by atoms with Crippen molar-refractivity contribution >= 4 is 0 Å². The van der Waals surface area contributed by atoms with Crippen molar-refractivity contribution in [1.29, 1.82) is 0 Å². The van der Waals surface area contributed by atoms with Gasteiger partial charge in [0, 0.05) is 6.61 Å². The van der Waals surface area contributed by atoms with Crippen molar-refractivity contribution in [2.24, 2.45) is 5.92 Å². The zero-order chi connectivity index (χ0) is 8.48. The first kappa shape index (κ1) is 9.01. The zero-order valence-corrected chi connectivity index (χ0v) is 7.63. The lowest BCUT2D eigenvalue weighted by Gasteiger charge is -2.34. The Kier molecular flexibility index (Phi) is 2.55. The van der Waals surface area contributed by atoms with Crippen molar-refractivity contribution in [2.45, 2.75) is 45.3 Å². The highest BCUT2D eigenvalue weighted by molar-refractivity contribution is 4.81. The third kappa shape index (κ3) is 2.46. The lowest BCUT2D eigenvalue weighted by molar-refractivity contribution is -0.119. The van der Waals surface area contributed by atoms with Gasteiger partial charge in [-0.15, -0.1) is 0 Å². The van der Waals surface area contributed by atoms with Gasteiger partial charge in [-0.3, -0.25) is 0 Å². The molecule has 0 aromatic carbocycles. The summed E-state index contributed by atoms with van der Waals surface area (Å²) in [5.74, 6) is 0.661. The molecule has 0 aromatic rings. The van der Waals surface area contributed by atoms with Crippen molar-refractivity contribution in [3.8, 4) is 0 Å². The van der Waals surface area contributed by atoms with Gasteiger partial charge in [-0.1, -0.05) is 6.92 Å². The second kappa shape index (κ2) is 3.11. The first-order valence-corrected chi connectivity index (χ1v) is 4.34. The minimum absolute atomic E-state index is 0.0405. The molecule has 66 valence electrons. The molecule has 1 saturated heterocycles. The van der Waals surface area contributed by atoms with E-state index in [9.17, 15) is 5.11 Å². The molecule has 1 heterocycles. The topological polar surface area (TPSA) is 29.5 Å². The molecule has 2 nitrogen and oxygen atoms in total. The molecular weight excluding hydrogens is 140 g/mol. The van der Waals surface area contributed by atoms with Crippen LogP contribution in [0.4, 0.5) is 0 Å². The van der Waals surface area contributed by atoms with Crippen LogP contribution in [0.2, 0.25) is 0 Å². The van der Waals surface area contributed by atoms with Gasteiger partial charge in [-0.25, -0.2) is 0 Å². The van der Waals surface area contributed by atoms with Crippen LogP contribution in [-0.2, 0) is 4.74 Å². The predicted octanol–water partition coefficient (Wildman–Crippen LogP) is 1.57. The summed E-state index contributed by atoms with van der Waals surface area (Å²) in [4.78, 5) is 0. The normalized spacial score (nSPS) is 33.8. The molecule has 0 aromatic heterocycles. The Morgan fingerprint density at radius 1 is 1.36 bits per heavy atom. The highest BCUT2D eigenvalue weighted by Gasteiger charge is 2.30. The van der Waals surface area contributed by atoms with Gasteiger partial charge in [0.05, 0.1) is 11.7 Å². The van der Waals surface area contributed by atoms with E-state index in [4.69, 9.17) is 4.74 Å². The summed E-state index contributed by atoms with van der Waals surface area (Å²) in [6, 6.07) is 0. The first-order valence-electron chi connectivity index (χ1n) is 4.34. The molecule has 0 unspecified atom stereocenters. The Morgan fingerprint density at radius 3 is 2.36 bits per heavy atom. The van der Waals surface area contributed by atoms with E-state index in [0.717, 1.165) is 13.0 Å². The summed E-state index contributed by atoms with van der Waals surface area (Å²) in [5, 5.41) is 9.60. The van der Waals surface area contributed by atoms with Crippen LogP contribution in [0.5, 0.6) is 0 Å². The fourth-order valence-electron chi connectivity index (χ4n) is 1.44. The molecule has 1 aliphatic heterocycles. The molecule has 0 amide bonds. The van der Waals surface area contributed by atoms with Gasteiger partial charge in [-0.05, 0) is 32.6 Å². The Balaban J connectivity index is 2.39. The summed E-state index contributed by atoms with van der Waals surface area (Å²) < 4.78 is 5.50.